The molecular formula is C11H18N2. The largest absolute Gasteiger partial charge is 0.384 e. The highest BCUT2D eigenvalue weighted by atomic mass is 14.8. The van der Waals surface area contributed by atoms with Gasteiger partial charge in [0.25, 0.3) is 0 Å². The van der Waals surface area contributed by atoms with Crippen molar-refractivity contribution in [2.24, 2.45) is 5.92 Å². The Kier molecular flexibility index (Phi) is 2.91. The van der Waals surface area contributed by atoms with Gasteiger partial charge in [0.15, 0.2) is 0 Å². The van der Waals surface area contributed by atoms with Crippen molar-refractivity contribution in [2.45, 2.75) is 34.1 Å². The molecule has 1 heterocycles. The zero-order chi connectivity index (χ0) is 10.0. The average Bonchev–Trinajstić information content (AvgIpc) is 1.96. The van der Waals surface area contributed by atoms with Gasteiger partial charge in [-0.2, -0.15) is 0 Å². The second-order valence-corrected chi connectivity index (χ2v) is 4.03. The molecule has 0 aliphatic rings. The minimum absolute atomic E-state index is 0.627. The van der Waals surface area contributed by atoms with Gasteiger partial charge in [0.2, 0.25) is 0 Å². The van der Waals surface area contributed by atoms with Crippen LogP contribution < -0.4 is 5.73 Å². The molecule has 2 nitrogen and oxygen atoms in total. The first-order chi connectivity index (χ1) is 6.00. The number of pyridine rings is 1. The van der Waals surface area contributed by atoms with Gasteiger partial charge in [-0.15, -0.1) is 0 Å². The summed E-state index contributed by atoms with van der Waals surface area (Å²) in [4.78, 5) is 4.27. The summed E-state index contributed by atoms with van der Waals surface area (Å²) >= 11 is 0. The molecule has 2 N–H and O–H groups in total. The lowest BCUT2D eigenvalue weighted by molar-refractivity contribution is 0.640. The Labute approximate surface area is 80.2 Å². The summed E-state index contributed by atoms with van der Waals surface area (Å²) in [6.07, 6.45) is 1.09. The molecule has 2 heteroatoms. The summed E-state index contributed by atoms with van der Waals surface area (Å²) in [5, 5.41) is 0. The fourth-order valence-electron chi connectivity index (χ4n) is 1.60. The molecule has 0 saturated carbocycles. The quantitative estimate of drug-likeness (QED) is 0.755. The predicted molar refractivity (Wildman–Crippen MR) is 56.7 cm³/mol. The first-order valence-electron chi connectivity index (χ1n) is 4.73. The van der Waals surface area contributed by atoms with E-state index in [1.807, 2.05) is 13.0 Å². The molecule has 1 aromatic rings. The van der Waals surface area contributed by atoms with E-state index in [9.17, 15) is 0 Å². The maximum atomic E-state index is 5.65. The normalized spacial score (nSPS) is 10.8. The van der Waals surface area contributed by atoms with Crippen LogP contribution in [0.5, 0.6) is 0 Å². The standard InChI is InChI=1S/C11H18N2/c1-7(2)5-10-8(3)6-11(12)13-9(10)4/h6-7H,5H2,1-4H3,(H2,12,13). The highest BCUT2D eigenvalue weighted by molar-refractivity contribution is 5.40. The lowest BCUT2D eigenvalue weighted by Crippen LogP contribution is -2.04. The Hall–Kier alpha value is -1.05. The smallest absolute Gasteiger partial charge is 0.123 e. The molecule has 0 saturated heterocycles. The summed E-state index contributed by atoms with van der Waals surface area (Å²) in [5.74, 6) is 1.30. The van der Waals surface area contributed by atoms with Gasteiger partial charge in [0.05, 0.1) is 0 Å². The number of aryl methyl sites for hydroxylation is 2. The van der Waals surface area contributed by atoms with Crippen molar-refractivity contribution in [3.63, 3.8) is 0 Å². The Balaban J connectivity index is 3.06. The lowest BCUT2D eigenvalue weighted by atomic mass is 9.98. The van der Waals surface area contributed by atoms with Crippen molar-refractivity contribution in [1.29, 1.82) is 0 Å². The first-order valence-corrected chi connectivity index (χ1v) is 4.73. The molecule has 0 aliphatic heterocycles. The molecule has 0 spiro atoms. The summed E-state index contributed by atoms with van der Waals surface area (Å²) < 4.78 is 0. The van der Waals surface area contributed by atoms with Gasteiger partial charge in [-0.3, -0.25) is 0 Å². The Morgan fingerprint density at radius 1 is 1.38 bits per heavy atom. The molecule has 1 aromatic heterocycles. The monoisotopic (exact) mass is 178 g/mol. The summed E-state index contributed by atoms with van der Waals surface area (Å²) in [6.45, 7) is 8.56. The fraction of sp³-hybridized carbons (Fsp3) is 0.545. The van der Waals surface area contributed by atoms with Crippen molar-refractivity contribution in [3.05, 3.63) is 22.9 Å². The second-order valence-electron chi connectivity index (χ2n) is 4.03. The lowest BCUT2D eigenvalue weighted by Gasteiger charge is -2.11. The Morgan fingerprint density at radius 3 is 2.46 bits per heavy atom. The molecule has 0 bridgehead atoms. The van der Waals surface area contributed by atoms with E-state index in [0.29, 0.717) is 11.7 Å². The minimum Gasteiger partial charge on any atom is -0.384 e. The highest BCUT2D eigenvalue weighted by Crippen LogP contribution is 2.18. The van der Waals surface area contributed by atoms with E-state index in [4.69, 9.17) is 5.73 Å². The average molecular weight is 178 g/mol. The number of aromatic nitrogens is 1. The van der Waals surface area contributed by atoms with E-state index < -0.39 is 0 Å². The third-order valence-electron chi connectivity index (χ3n) is 2.19. The third kappa shape index (κ3) is 2.44. The summed E-state index contributed by atoms with van der Waals surface area (Å²) in [6, 6.07) is 1.95. The highest BCUT2D eigenvalue weighted by Gasteiger charge is 2.06. The van der Waals surface area contributed by atoms with Gasteiger partial charge in [-0.1, -0.05) is 13.8 Å². The molecule has 0 amide bonds. The van der Waals surface area contributed by atoms with Gasteiger partial charge >= 0.3 is 0 Å². The fourth-order valence-corrected chi connectivity index (χ4v) is 1.60. The van der Waals surface area contributed by atoms with E-state index in [-0.39, 0.29) is 0 Å². The number of nitrogens with zero attached hydrogens (tertiary/aromatic N) is 1. The molecule has 13 heavy (non-hydrogen) atoms. The number of nitrogen functional groups attached to an aromatic ring is 1. The van der Waals surface area contributed by atoms with Gasteiger partial charge in [0, 0.05) is 5.69 Å². The molecule has 0 radical (unpaired) electrons. The number of hydrogen-bond acceptors (Lipinski definition) is 2. The van der Waals surface area contributed by atoms with Crippen molar-refractivity contribution >= 4 is 5.82 Å². The Morgan fingerprint density at radius 2 is 2.00 bits per heavy atom. The van der Waals surface area contributed by atoms with Crippen LogP contribution in [0.15, 0.2) is 6.07 Å². The molecule has 0 aromatic carbocycles. The number of rotatable bonds is 2. The van der Waals surface area contributed by atoms with Gasteiger partial charge in [0.1, 0.15) is 5.82 Å². The van der Waals surface area contributed by atoms with E-state index in [1.54, 1.807) is 0 Å². The molecule has 72 valence electrons. The molecule has 0 fully saturated rings. The van der Waals surface area contributed by atoms with Crippen molar-refractivity contribution in [2.75, 3.05) is 5.73 Å². The summed E-state index contributed by atoms with van der Waals surface area (Å²) in [5.41, 5.74) is 9.34. The molecule has 0 atom stereocenters. The van der Waals surface area contributed by atoms with Crippen molar-refractivity contribution in [3.8, 4) is 0 Å². The molecule has 0 unspecified atom stereocenters. The van der Waals surface area contributed by atoms with Crippen LogP contribution in [-0.4, -0.2) is 4.98 Å². The van der Waals surface area contributed by atoms with Crippen LogP contribution >= 0.6 is 0 Å². The topological polar surface area (TPSA) is 38.9 Å². The van der Waals surface area contributed by atoms with Crippen LogP contribution in [0.3, 0.4) is 0 Å². The Bertz CT molecular complexity index is 280. The minimum atomic E-state index is 0.627. The van der Waals surface area contributed by atoms with E-state index in [1.165, 1.54) is 11.1 Å². The number of nitrogens with two attached hydrogens (primary N) is 1. The third-order valence-corrected chi connectivity index (χ3v) is 2.19. The van der Waals surface area contributed by atoms with E-state index >= 15 is 0 Å². The second kappa shape index (κ2) is 3.77. The van der Waals surface area contributed by atoms with E-state index in [0.717, 1.165) is 12.1 Å². The zero-order valence-electron chi connectivity index (χ0n) is 8.89. The van der Waals surface area contributed by atoms with Gasteiger partial charge in [-0.25, -0.2) is 4.98 Å². The first kappa shape index (κ1) is 10.0. The van der Waals surface area contributed by atoms with Crippen LogP contribution in [0.1, 0.15) is 30.7 Å². The maximum absolute atomic E-state index is 5.65. The SMILES string of the molecule is Cc1cc(N)nc(C)c1CC(C)C. The van der Waals surface area contributed by atoms with Crippen molar-refractivity contribution < 1.29 is 0 Å². The van der Waals surface area contributed by atoms with Crippen LogP contribution in [-0.2, 0) is 6.42 Å². The predicted octanol–water partition coefficient (Wildman–Crippen LogP) is 2.48. The van der Waals surface area contributed by atoms with Crippen LogP contribution in [0.25, 0.3) is 0 Å². The van der Waals surface area contributed by atoms with Gasteiger partial charge < -0.3 is 5.73 Å². The van der Waals surface area contributed by atoms with Crippen molar-refractivity contribution in [1.82, 2.24) is 4.98 Å². The molecule has 0 aliphatic carbocycles. The number of anilines is 1. The number of hydrogen-bond donors (Lipinski definition) is 1. The van der Waals surface area contributed by atoms with Gasteiger partial charge in [-0.05, 0) is 43.4 Å². The summed E-state index contributed by atoms with van der Waals surface area (Å²) in [7, 11) is 0. The molecular weight excluding hydrogens is 160 g/mol. The zero-order valence-corrected chi connectivity index (χ0v) is 8.89. The van der Waals surface area contributed by atoms with Crippen LogP contribution in [0, 0.1) is 19.8 Å². The van der Waals surface area contributed by atoms with E-state index in [2.05, 4.69) is 25.8 Å². The maximum Gasteiger partial charge on any atom is 0.123 e. The van der Waals surface area contributed by atoms with Crippen LogP contribution in [0.2, 0.25) is 0 Å². The molecule has 1 rings (SSSR count). The van der Waals surface area contributed by atoms with Crippen LogP contribution in [0.4, 0.5) is 5.82 Å².